The van der Waals surface area contributed by atoms with Gasteiger partial charge in [0.2, 0.25) is 0 Å². The van der Waals surface area contributed by atoms with E-state index in [9.17, 15) is 9.90 Å². The highest BCUT2D eigenvalue weighted by molar-refractivity contribution is 6.43. The fourth-order valence-corrected chi connectivity index (χ4v) is 4.54. The Kier molecular flexibility index (Phi) is 12.5. The van der Waals surface area contributed by atoms with Crippen molar-refractivity contribution in [1.29, 1.82) is 0 Å². The van der Waals surface area contributed by atoms with Gasteiger partial charge in [0, 0.05) is 10.6 Å². The van der Waals surface area contributed by atoms with Crippen molar-refractivity contribution in [3.63, 3.8) is 0 Å². The maximum atomic E-state index is 11.9. The van der Waals surface area contributed by atoms with E-state index in [0.29, 0.717) is 25.1 Å². The average Bonchev–Trinajstić information content (AvgIpc) is 3.52. The van der Waals surface area contributed by atoms with E-state index in [2.05, 4.69) is 15.2 Å². The van der Waals surface area contributed by atoms with Crippen LogP contribution < -0.4 is 4.74 Å². The van der Waals surface area contributed by atoms with Gasteiger partial charge < -0.3 is 19.4 Å². The molecule has 0 bridgehead atoms. The van der Waals surface area contributed by atoms with Crippen molar-refractivity contribution >= 4 is 23.3 Å². The van der Waals surface area contributed by atoms with E-state index >= 15 is 0 Å². The van der Waals surface area contributed by atoms with Crippen LogP contribution in [0, 0.1) is 12.3 Å². The highest BCUT2D eigenvalue weighted by Crippen LogP contribution is 2.35. The molecule has 234 valence electrons. The monoisotopic (exact) mass is 620 g/mol. The third kappa shape index (κ3) is 9.65. The van der Waals surface area contributed by atoms with Crippen molar-refractivity contribution in [3.8, 4) is 5.75 Å². The van der Waals surface area contributed by atoms with Gasteiger partial charge in [0.05, 0.1) is 19.3 Å². The number of aryl methyl sites for hydroxylation is 2. The molecule has 1 N–H and O–H groups in total. The van der Waals surface area contributed by atoms with Crippen LogP contribution in [0.4, 0.5) is 0 Å². The Bertz CT molecular complexity index is 1500. The zero-order valence-corrected chi connectivity index (χ0v) is 26.9. The molecule has 1 unspecified atom stereocenters. The lowest BCUT2D eigenvalue weighted by atomic mass is 9.73. The van der Waals surface area contributed by atoms with Gasteiger partial charge in [-0.2, -0.15) is 5.10 Å². The molecule has 0 radical (unpaired) electrons. The van der Waals surface area contributed by atoms with Gasteiger partial charge in [-0.3, -0.25) is 4.68 Å². The van der Waals surface area contributed by atoms with Crippen molar-refractivity contribution in [3.05, 3.63) is 113 Å². The highest BCUT2D eigenvalue weighted by Gasteiger charge is 2.40. The normalized spacial score (nSPS) is 12.9. The Morgan fingerprint density at radius 2 is 1.68 bits per heavy atom. The van der Waals surface area contributed by atoms with E-state index < -0.39 is 11.6 Å². The van der Waals surface area contributed by atoms with Crippen molar-refractivity contribution in [2.24, 2.45) is 10.6 Å². The Labute approximate surface area is 264 Å². The summed E-state index contributed by atoms with van der Waals surface area (Å²) in [7, 11) is 2.69. The number of methoxy groups -OCH3 is 1. The largest absolute Gasteiger partial charge is 0.489 e. The first-order chi connectivity index (χ1) is 21.0. The lowest BCUT2D eigenvalue weighted by molar-refractivity contribution is -0.132. The number of para-hydroxylation sites is 1. The third-order valence-corrected chi connectivity index (χ3v) is 7.59. The second kappa shape index (κ2) is 16.0. The number of hydrogen-bond acceptors (Lipinski definition) is 8. The molecule has 9 nitrogen and oxygen atoms in total. The summed E-state index contributed by atoms with van der Waals surface area (Å²) < 4.78 is 12.3. The number of rotatable bonds is 11. The van der Waals surface area contributed by atoms with Crippen LogP contribution in [0.3, 0.4) is 0 Å². The van der Waals surface area contributed by atoms with Crippen LogP contribution in [0.25, 0.3) is 0 Å². The quantitative estimate of drug-likeness (QED) is 0.117. The summed E-state index contributed by atoms with van der Waals surface area (Å²) in [6, 6.07) is 22.9. The number of carbonyl (C=O) groups is 1. The van der Waals surface area contributed by atoms with Crippen LogP contribution in [0.1, 0.15) is 49.4 Å². The van der Waals surface area contributed by atoms with E-state index in [1.165, 1.54) is 26.1 Å². The molecule has 0 spiro atoms. The summed E-state index contributed by atoms with van der Waals surface area (Å²) in [6.45, 7) is 8.86. The third-order valence-electron chi connectivity index (χ3n) is 7.34. The lowest BCUT2D eigenvalue weighted by Gasteiger charge is -2.40. The maximum absolute atomic E-state index is 11.9. The summed E-state index contributed by atoms with van der Waals surface area (Å²) in [5.74, 6) is 0.237. The molecular weight excluding hydrogens is 580 g/mol. The Balaban J connectivity index is 0.000000241. The van der Waals surface area contributed by atoms with Gasteiger partial charge in [-0.15, -0.1) is 0 Å². The molecule has 4 rings (SSSR count). The molecule has 0 aliphatic carbocycles. The smallest absolute Gasteiger partial charge is 0.360 e. The van der Waals surface area contributed by atoms with Crippen LogP contribution in [0.5, 0.6) is 5.75 Å². The maximum Gasteiger partial charge on any atom is 0.360 e. The molecule has 3 aromatic carbocycles. The number of nitrogens with zero attached hydrogens (tertiary/aromatic N) is 4. The van der Waals surface area contributed by atoms with Crippen molar-refractivity contribution in [2.75, 3.05) is 14.2 Å². The van der Waals surface area contributed by atoms with E-state index in [1.54, 1.807) is 17.1 Å². The summed E-state index contributed by atoms with van der Waals surface area (Å²) >= 11 is 5.90. The van der Waals surface area contributed by atoms with Crippen molar-refractivity contribution in [1.82, 2.24) is 14.8 Å². The molecule has 1 atom stereocenters. The van der Waals surface area contributed by atoms with Gasteiger partial charge in [-0.1, -0.05) is 92.1 Å². The summed E-state index contributed by atoms with van der Waals surface area (Å²) in [5.41, 5.74) is 2.64. The van der Waals surface area contributed by atoms with Crippen molar-refractivity contribution < 1.29 is 24.2 Å². The van der Waals surface area contributed by atoms with Crippen LogP contribution in [-0.2, 0) is 33.9 Å². The van der Waals surface area contributed by atoms with E-state index in [1.807, 2.05) is 94.4 Å². The molecular formula is C34H41ClN4O5. The minimum atomic E-state index is -0.861. The predicted octanol–water partition coefficient (Wildman–Crippen LogP) is 6.44. The zero-order chi connectivity index (χ0) is 32.2. The zero-order valence-electron chi connectivity index (χ0n) is 26.2. The SMILES string of the molecule is CC(C)(C)C(O)(CCc1ccc(Cl)cc1)Cn1cncn1.CO/N=C(/C(=O)OC)c1ccccc1COc1ccccc1C. The van der Waals surface area contributed by atoms with Crippen LogP contribution in [0.2, 0.25) is 5.02 Å². The first-order valence-corrected chi connectivity index (χ1v) is 14.6. The van der Waals surface area contributed by atoms with Crippen LogP contribution in [0.15, 0.2) is 90.6 Å². The number of oxime groups is 1. The second-order valence-electron chi connectivity index (χ2n) is 11.3. The molecule has 1 heterocycles. The Morgan fingerprint density at radius 3 is 2.30 bits per heavy atom. The minimum absolute atomic E-state index is 0.110. The number of benzene rings is 3. The molecule has 10 heteroatoms. The molecule has 1 aromatic heterocycles. The van der Waals surface area contributed by atoms with Gasteiger partial charge in [0.15, 0.2) is 5.71 Å². The van der Waals surface area contributed by atoms with Crippen molar-refractivity contribution in [2.45, 2.75) is 59.3 Å². The second-order valence-corrected chi connectivity index (χ2v) is 11.8. The van der Waals surface area contributed by atoms with Gasteiger partial charge in [0.25, 0.3) is 0 Å². The number of esters is 1. The topological polar surface area (TPSA) is 108 Å². The molecule has 4 aromatic rings. The van der Waals surface area contributed by atoms with Crippen LogP contribution >= 0.6 is 11.6 Å². The number of ether oxygens (including phenoxy) is 2. The lowest BCUT2D eigenvalue weighted by Crippen LogP contribution is -2.47. The Morgan fingerprint density at radius 1 is 1.00 bits per heavy atom. The molecule has 0 amide bonds. The van der Waals surface area contributed by atoms with E-state index in [-0.39, 0.29) is 11.1 Å². The molecule has 0 aliphatic heterocycles. The summed E-state index contributed by atoms with van der Waals surface area (Å²) in [4.78, 5) is 20.6. The molecule has 0 saturated heterocycles. The van der Waals surface area contributed by atoms with E-state index in [4.69, 9.17) is 25.9 Å². The van der Waals surface area contributed by atoms with Gasteiger partial charge in [-0.25, -0.2) is 9.78 Å². The Hall–Kier alpha value is -4.21. The fourth-order valence-electron chi connectivity index (χ4n) is 4.41. The molecule has 0 saturated carbocycles. The molecule has 44 heavy (non-hydrogen) atoms. The summed E-state index contributed by atoms with van der Waals surface area (Å²) in [5, 5.41) is 19.7. The number of hydrogen-bond donors (Lipinski definition) is 1. The highest BCUT2D eigenvalue weighted by atomic mass is 35.5. The standard InChI is InChI=1S/C18H19NO4.C16H22ClN3O/c1-13-8-4-7-11-16(13)23-12-14-9-5-6-10-15(14)17(19-22-3)18(20)21-2;1-15(2,3)16(21,10-20-12-18-11-19-20)9-8-13-4-6-14(17)7-5-13/h4-11H,12H2,1-3H3;4-7,11-12,21H,8-10H2,1-3H3/b19-17+;. The van der Waals surface area contributed by atoms with E-state index in [0.717, 1.165) is 28.3 Å². The fraction of sp³-hybridized carbons (Fsp3) is 0.353. The summed E-state index contributed by atoms with van der Waals surface area (Å²) in [6.07, 6.45) is 4.57. The first-order valence-electron chi connectivity index (χ1n) is 14.2. The van der Waals surface area contributed by atoms with Gasteiger partial charge >= 0.3 is 5.97 Å². The number of carbonyl (C=O) groups excluding carboxylic acids is 1. The van der Waals surface area contributed by atoms with Gasteiger partial charge in [0.1, 0.15) is 32.1 Å². The number of aromatic nitrogens is 3. The number of aliphatic hydroxyl groups is 1. The van der Waals surface area contributed by atoms with Gasteiger partial charge in [-0.05, 0) is 60.1 Å². The number of halogens is 1. The molecule has 0 aliphatic rings. The average molecular weight is 621 g/mol. The predicted molar refractivity (Wildman–Crippen MR) is 172 cm³/mol. The van der Waals surface area contributed by atoms with Crippen LogP contribution in [-0.4, -0.2) is 51.4 Å². The minimum Gasteiger partial charge on any atom is -0.489 e. The first kappa shape index (κ1) is 34.3. The molecule has 0 fully saturated rings.